The van der Waals surface area contributed by atoms with Gasteiger partial charge in [0.25, 0.3) is 11.6 Å². The van der Waals surface area contributed by atoms with Gasteiger partial charge in [0.2, 0.25) is 0 Å². The van der Waals surface area contributed by atoms with Gasteiger partial charge in [-0.3, -0.25) is 4.79 Å². The van der Waals surface area contributed by atoms with Crippen LogP contribution in [-0.2, 0) is 6.73 Å². The maximum absolute atomic E-state index is 13.2. The first kappa shape index (κ1) is 20.6. The Labute approximate surface area is 170 Å². The predicted octanol–water partition coefficient (Wildman–Crippen LogP) is 3.81. The number of alkyl halides is 3. The van der Waals surface area contributed by atoms with E-state index < -0.39 is 24.2 Å². The number of benzene rings is 1. The van der Waals surface area contributed by atoms with Crippen molar-refractivity contribution in [2.45, 2.75) is 32.0 Å². The highest BCUT2D eigenvalue weighted by Gasteiger charge is 2.63. The maximum atomic E-state index is 13.2. The third-order valence-electron chi connectivity index (χ3n) is 3.88. The van der Waals surface area contributed by atoms with E-state index in [1.807, 2.05) is 0 Å². The van der Waals surface area contributed by atoms with E-state index in [0.717, 1.165) is 4.47 Å². The van der Waals surface area contributed by atoms with Crippen LogP contribution in [0.5, 0.6) is 5.75 Å². The Balaban J connectivity index is 1.75. The number of nitrogens with zero attached hydrogens (tertiary/aromatic N) is 4. The van der Waals surface area contributed by atoms with Gasteiger partial charge in [0, 0.05) is 22.8 Å². The highest BCUT2D eigenvalue weighted by atomic mass is 79.9. The quantitative estimate of drug-likeness (QED) is 0.720. The van der Waals surface area contributed by atoms with Crippen molar-refractivity contribution in [3.63, 3.8) is 0 Å². The van der Waals surface area contributed by atoms with Gasteiger partial charge >= 0.3 is 6.18 Å². The molecule has 1 atom stereocenters. The molecule has 3 rings (SSSR count). The molecule has 150 valence electrons. The number of hydrazone groups is 1. The van der Waals surface area contributed by atoms with Crippen molar-refractivity contribution in [1.29, 1.82) is 0 Å². The Morgan fingerprint density at radius 2 is 2.14 bits per heavy atom. The zero-order chi connectivity index (χ0) is 20.7. The van der Waals surface area contributed by atoms with E-state index in [1.54, 1.807) is 18.2 Å². The number of aliphatic hydroxyl groups is 1. The summed E-state index contributed by atoms with van der Waals surface area (Å²) >= 11 is 9.29. The van der Waals surface area contributed by atoms with Crippen LogP contribution in [0.25, 0.3) is 0 Å². The molecule has 28 heavy (non-hydrogen) atoms. The monoisotopic (exact) mass is 480 g/mol. The average molecular weight is 482 g/mol. The van der Waals surface area contributed by atoms with Gasteiger partial charge in [-0.15, -0.1) is 0 Å². The van der Waals surface area contributed by atoms with Crippen LogP contribution in [0, 0.1) is 0 Å². The first-order valence-corrected chi connectivity index (χ1v) is 8.97. The maximum Gasteiger partial charge on any atom is 0.438 e. The summed E-state index contributed by atoms with van der Waals surface area (Å²) in [5.74, 6) is -0.823. The fourth-order valence-corrected chi connectivity index (χ4v) is 3.27. The molecule has 1 amide bonds. The van der Waals surface area contributed by atoms with Gasteiger partial charge < -0.3 is 9.84 Å². The summed E-state index contributed by atoms with van der Waals surface area (Å²) < 4.78 is 47.2. The van der Waals surface area contributed by atoms with Crippen LogP contribution >= 0.6 is 27.5 Å². The second-order valence-electron chi connectivity index (χ2n) is 6.03. The van der Waals surface area contributed by atoms with Gasteiger partial charge in [0.05, 0.1) is 5.02 Å². The second-order valence-corrected chi connectivity index (χ2v) is 7.35. The summed E-state index contributed by atoms with van der Waals surface area (Å²) in [6.07, 6.45) is -4.55. The van der Waals surface area contributed by atoms with E-state index >= 15 is 0 Å². The molecule has 1 aliphatic rings. The van der Waals surface area contributed by atoms with Crippen LogP contribution in [0.1, 0.15) is 23.8 Å². The molecule has 1 N–H and O–H groups in total. The van der Waals surface area contributed by atoms with E-state index in [1.165, 1.54) is 23.9 Å². The fraction of sp³-hybridized carbons (Fsp3) is 0.312. The normalized spacial score (nSPS) is 19.7. The van der Waals surface area contributed by atoms with E-state index in [2.05, 4.69) is 26.1 Å². The molecule has 1 aliphatic heterocycles. The first-order chi connectivity index (χ1) is 13.0. The number of amides is 1. The highest BCUT2D eigenvalue weighted by molar-refractivity contribution is 9.10. The molecule has 1 unspecified atom stereocenters. The zero-order valence-electron chi connectivity index (χ0n) is 14.2. The highest BCUT2D eigenvalue weighted by Crippen LogP contribution is 2.40. The van der Waals surface area contributed by atoms with Gasteiger partial charge in [0.1, 0.15) is 5.75 Å². The molecule has 0 saturated heterocycles. The number of carbonyl (C=O) groups is 1. The van der Waals surface area contributed by atoms with Gasteiger partial charge in [-0.25, -0.2) is 4.68 Å². The topological polar surface area (TPSA) is 80.0 Å². The Morgan fingerprint density at radius 3 is 2.79 bits per heavy atom. The Hall–Kier alpha value is -2.11. The van der Waals surface area contributed by atoms with Gasteiger partial charge in [0.15, 0.2) is 12.4 Å². The van der Waals surface area contributed by atoms with Crippen molar-refractivity contribution < 1.29 is 27.8 Å². The lowest BCUT2D eigenvalue weighted by molar-refractivity contribution is -0.297. The molecular weight excluding hydrogens is 469 g/mol. The molecule has 1 aromatic carbocycles. The summed E-state index contributed by atoms with van der Waals surface area (Å²) in [4.78, 5) is 12.4. The molecule has 0 fully saturated rings. The minimum absolute atomic E-state index is 0.0153. The van der Waals surface area contributed by atoms with Crippen molar-refractivity contribution in [1.82, 2.24) is 14.8 Å². The molecule has 0 aliphatic carbocycles. The van der Waals surface area contributed by atoms with Crippen molar-refractivity contribution in [2.24, 2.45) is 5.10 Å². The number of rotatable bonds is 4. The molecule has 0 spiro atoms. The molecule has 2 heterocycles. The van der Waals surface area contributed by atoms with Crippen LogP contribution in [0.15, 0.2) is 40.0 Å². The number of ether oxygens (including phenoxy) is 1. The van der Waals surface area contributed by atoms with Crippen LogP contribution in [0.4, 0.5) is 13.2 Å². The molecular formula is C16H13BrClF3N4O3. The van der Waals surface area contributed by atoms with Gasteiger partial charge in [-0.05, 0) is 31.2 Å². The minimum Gasteiger partial charge on any atom is -0.470 e. The second kappa shape index (κ2) is 7.37. The average Bonchev–Trinajstić information content (AvgIpc) is 3.18. The fourth-order valence-electron chi connectivity index (χ4n) is 2.54. The SMILES string of the molecule is CC1=NN(C(=O)c2ccn(COc3ccc(Br)cc3Cl)n2)C(O)(C(F)(F)F)C1. The van der Waals surface area contributed by atoms with Crippen molar-refractivity contribution in [3.05, 3.63) is 45.7 Å². The van der Waals surface area contributed by atoms with Crippen LogP contribution < -0.4 is 4.74 Å². The molecule has 0 radical (unpaired) electrons. The third kappa shape index (κ3) is 3.87. The van der Waals surface area contributed by atoms with Crippen molar-refractivity contribution >= 4 is 39.1 Å². The lowest BCUT2D eigenvalue weighted by Gasteiger charge is -2.32. The lowest BCUT2D eigenvalue weighted by Crippen LogP contribution is -2.56. The van der Waals surface area contributed by atoms with E-state index in [0.29, 0.717) is 10.8 Å². The number of hydrogen-bond acceptors (Lipinski definition) is 5. The molecule has 1 aromatic heterocycles. The van der Waals surface area contributed by atoms with E-state index in [-0.39, 0.29) is 23.1 Å². The Kier molecular flexibility index (Phi) is 5.43. The number of aromatic nitrogens is 2. The largest absolute Gasteiger partial charge is 0.470 e. The summed E-state index contributed by atoms with van der Waals surface area (Å²) in [5, 5.41) is 17.8. The first-order valence-electron chi connectivity index (χ1n) is 7.80. The zero-order valence-corrected chi connectivity index (χ0v) is 16.6. The van der Waals surface area contributed by atoms with Crippen molar-refractivity contribution in [2.75, 3.05) is 0 Å². The molecule has 7 nitrogen and oxygen atoms in total. The Morgan fingerprint density at radius 1 is 1.43 bits per heavy atom. The molecule has 0 bridgehead atoms. The van der Waals surface area contributed by atoms with Crippen LogP contribution in [0.2, 0.25) is 5.02 Å². The lowest BCUT2D eigenvalue weighted by atomic mass is 10.1. The van der Waals surface area contributed by atoms with Crippen LogP contribution in [0.3, 0.4) is 0 Å². The van der Waals surface area contributed by atoms with Gasteiger partial charge in [-0.1, -0.05) is 27.5 Å². The summed E-state index contributed by atoms with van der Waals surface area (Å²) in [6, 6.07) is 6.16. The summed E-state index contributed by atoms with van der Waals surface area (Å²) in [7, 11) is 0. The predicted molar refractivity (Wildman–Crippen MR) is 96.9 cm³/mol. The van der Waals surface area contributed by atoms with E-state index in [9.17, 15) is 23.1 Å². The minimum atomic E-state index is -5.08. The summed E-state index contributed by atoms with van der Waals surface area (Å²) in [6.45, 7) is 1.15. The molecule has 0 saturated carbocycles. The van der Waals surface area contributed by atoms with Gasteiger partial charge in [-0.2, -0.15) is 28.4 Å². The van der Waals surface area contributed by atoms with Crippen molar-refractivity contribution in [3.8, 4) is 5.75 Å². The smallest absolute Gasteiger partial charge is 0.438 e. The molecule has 12 heteroatoms. The van der Waals surface area contributed by atoms with Crippen LogP contribution in [-0.4, -0.2) is 43.4 Å². The standard InChI is InChI=1S/C16H13BrClF3N4O3/c1-9-7-15(27,16(19,20)21)25(22-9)14(26)12-4-5-24(23-12)8-28-13-3-2-10(17)6-11(13)18/h2-6,27H,7-8H2,1H3. The number of halogens is 5. The molecule has 2 aromatic rings. The van der Waals surface area contributed by atoms with E-state index in [4.69, 9.17) is 16.3 Å². The number of hydrogen-bond donors (Lipinski definition) is 1. The summed E-state index contributed by atoms with van der Waals surface area (Å²) in [5.41, 5.74) is -3.76. The Bertz CT molecular complexity index is 949. The number of carbonyl (C=O) groups excluding carboxylic acids is 1. The third-order valence-corrected chi connectivity index (χ3v) is 4.66.